The van der Waals surface area contributed by atoms with E-state index in [0.717, 1.165) is 0 Å². The second kappa shape index (κ2) is 13.1. The van der Waals surface area contributed by atoms with E-state index in [1.165, 1.54) is 43.7 Å². The van der Waals surface area contributed by atoms with Crippen molar-refractivity contribution >= 4 is 64.5 Å². The number of nitrogens with zero attached hydrogens (tertiary/aromatic N) is 1. The average molecular weight is 597 g/mol. The molecule has 0 atom stereocenters. The maximum absolute atomic E-state index is 12.8. The number of benzene rings is 4. The van der Waals surface area contributed by atoms with Crippen LogP contribution in [0.15, 0.2) is 90.0 Å². The molecule has 2 amide bonds. The first kappa shape index (κ1) is 28.6. The van der Waals surface area contributed by atoms with Gasteiger partial charge in [0.15, 0.2) is 0 Å². The summed E-state index contributed by atoms with van der Waals surface area (Å²) in [6, 6.07) is 21.8. The first-order valence-corrected chi connectivity index (χ1v) is 12.7. The van der Waals surface area contributed by atoms with Crippen LogP contribution in [0, 0.1) is 0 Å². The fraction of sp³-hybridized carbons (Fsp3) is 0.0345. The summed E-state index contributed by atoms with van der Waals surface area (Å²) in [6.07, 6.45) is 1.29. The van der Waals surface area contributed by atoms with E-state index in [1.807, 2.05) is 0 Å². The number of amides is 2. The van der Waals surface area contributed by atoms with Crippen molar-refractivity contribution in [2.45, 2.75) is 0 Å². The molecule has 0 bridgehead atoms. The zero-order chi connectivity index (χ0) is 28.6. The zero-order valence-corrected chi connectivity index (χ0v) is 23.1. The molecule has 4 rings (SSSR count). The van der Waals surface area contributed by atoms with Crippen molar-refractivity contribution in [3.05, 3.63) is 122 Å². The molecule has 0 saturated heterocycles. The van der Waals surface area contributed by atoms with Crippen LogP contribution in [0.2, 0.25) is 15.1 Å². The van der Waals surface area contributed by atoms with Crippen LogP contribution in [-0.4, -0.2) is 31.1 Å². The highest BCUT2D eigenvalue weighted by molar-refractivity contribution is 6.31. The number of carbonyl (C=O) groups excluding carboxylic acids is 3. The zero-order valence-electron chi connectivity index (χ0n) is 20.8. The van der Waals surface area contributed by atoms with Crippen LogP contribution in [0.3, 0.4) is 0 Å². The van der Waals surface area contributed by atoms with E-state index in [1.54, 1.807) is 54.6 Å². The molecule has 0 fully saturated rings. The molecule has 2 N–H and O–H groups in total. The molecule has 40 heavy (non-hydrogen) atoms. The van der Waals surface area contributed by atoms with E-state index < -0.39 is 11.9 Å². The maximum atomic E-state index is 12.8. The molecule has 0 radical (unpaired) electrons. The second-order valence-corrected chi connectivity index (χ2v) is 9.46. The molecule has 0 spiro atoms. The Morgan fingerprint density at radius 3 is 1.98 bits per heavy atom. The van der Waals surface area contributed by atoms with E-state index in [4.69, 9.17) is 44.3 Å². The summed E-state index contributed by atoms with van der Waals surface area (Å²) in [5.41, 5.74) is 4.12. The molecule has 0 unspecified atom stereocenters. The number of hydrogen-bond donors (Lipinski definition) is 2. The Morgan fingerprint density at radius 2 is 1.30 bits per heavy atom. The van der Waals surface area contributed by atoms with Gasteiger partial charge in [-0.05, 0) is 84.9 Å². The first-order valence-electron chi connectivity index (χ1n) is 11.6. The van der Waals surface area contributed by atoms with Gasteiger partial charge in [-0.25, -0.2) is 10.2 Å². The standard InChI is InChI=1S/C29H20Cl3N3O5/c1-39-26-13-9-22(32)15-24(26)29(38)40-25-12-8-21(31)14-19(25)16-33-35-28(37)18-4-10-23(11-5-18)34-27(36)17-2-6-20(30)7-3-17/h2-16H,1H3,(H,34,36)(H,35,37)/b33-16+. The lowest BCUT2D eigenvalue weighted by Crippen LogP contribution is -2.18. The lowest BCUT2D eigenvalue weighted by atomic mass is 10.1. The van der Waals surface area contributed by atoms with Gasteiger partial charge in [0.2, 0.25) is 0 Å². The molecule has 4 aromatic carbocycles. The van der Waals surface area contributed by atoms with Gasteiger partial charge in [0.25, 0.3) is 11.8 Å². The molecule has 202 valence electrons. The number of methoxy groups -OCH3 is 1. The molecule has 11 heteroatoms. The van der Waals surface area contributed by atoms with E-state index >= 15 is 0 Å². The predicted octanol–water partition coefficient (Wildman–Crippen LogP) is 6.89. The number of hydrazone groups is 1. The summed E-state index contributed by atoms with van der Waals surface area (Å²) < 4.78 is 10.7. The number of hydrogen-bond acceptors (Lipinski definition) is 6. The van der Waals surface area contributed by atoms with Crippen molar-refractivity contribution in [2.75, 3.05) is 12.4 Å². The van der Waals surface area contributed by atoms with Crippen LogP contribution >= 0.6 is 34.8 Å². The van der Waals surface area contributed by atoms with Crippen molar-refractivity contribution < 1.29 is 23.9 Å². The van der Waals surface area contributed by atoms with Gasteiger partial charge in [0.05, 0.1) is 13.3 Å². The number of halogens is 3. The Morgan fingerprint density at radius 1 is 0.725 bits per heavy atom. The van der Waals surface area contributed by atoms with Gasteiger partial charge in [-0.3, -0.25) is 9.59 Å². The quantitative estimate of drug-likeness (QED) is 0.0997. The SMILES string of the molecule is COc1ccc(Cl)cc1C(=O)Oc1ccc(Cl)cc1/C=N/NC(=O)c1ccc(NC(=O)c2ccc(Cl)cc2)cc1. The highest BCUT2D eigenvalue weighted by Gasteiger charge is 2.17. The molecule has 0 saturated carbocycles. The predicted molar refractivity (Wildman–Crippen MR) is 155 cm³/mol. The lowest BCUT2D eigenvalue weighted by molar-refractivity contribution is 0.0730. The second-order valence-electron chi connectivity index (χ2n) is 8.15. The first-order chi connectivity index (χ1) is 19.2. The summed E-state index contributed by atoms with van der Waals surface area (Å²) in [4.78, 5) is 37.7. The van der Waals surface area contributed by atoms with Crippen LogP contribution in [0.4, 0.5) is 5.69 Å². The molecular weight excluding hydrogens is 577 g/mol. The van der Waals surface area contributed by atoms with Crippen LogP contribution in [0.25, 0.3) is 0 Å². The fourth-order valence-electron chi connectivity index (χ4n) is 3.44. The lowest BCUT2D eigenvalue weighted by Gasteiger charge is -2.11. The molecule has 8 nitrogen and oxygen atoms in total. The van der Waals surface area contributed by atoms with E-state index in [9.17, 15) is 14.4 Å². The Balaban J connectivity index is 1.41. The van der Waals surface area contributed by atoms with E-state index in [2.05, 4.69) is 15.8 Å². The van der Waals surface area contributed by atoms with Crippen LogP contribution in [0.1, 0.15) is 36.6 Å². The third kappa shape index (κ3) is 7.39. The summed E-state index contributed by atoms with van der Waals surface area (Å²) in [5, 5.41) is 7.94. The number of rotatable bonds is 8. The van der Waals surface area contributed by atoms with Crippen molar-refractivity contribution in [2.24, 2.45) is 5.10 Å². The smallest absolute Gasteiger partial charge is 0.347 e. The highest BCUT2D eigenvalue weighted by Crippen LogP contribution is 2.27. The Hall–Kier alpha value is -4.37. The summed E-state index contributed by atoms with van der Waals surface area (Å²) >= 11 is 18.0. The van der Waals surface area contributed by atoms with Crippen LogP contribution < -0.4 is 20.2 Å². The largest absolute Gasteiger partial charge is 0.496 e. The summed E-state index contributed by atoms with van der Waals surface area (Å²) in [7, 11) is 1.42. The third-order valence-corrected chi connectivity index (χ3v) is 6.16. The van der Waals surface area contributed by atoms with Gasteiger partial charge in [0.1, 0.15) is 17.1 Å². The number of carbonyl (C=O) groups is 3. The number of nitrogens with one attached hydrogen (secondary N) is 2. The monoisotopic (exact) mass is 595 g/mol. The number of anilines is 1. The molecule has 0 aliphatic carbocycles. The van der Waals surface area contributed by atoms with Gasteiger partial charge in [-0.1, -0.05) is 34.8 Å². The summed E-state index contributed by atoms with van der Waals surface area (Å²) in [5.74, 6) is -1.08. The van der Waals surface area contributed by atoms with Crippen molar-refractivity contribution in [1.29, 1.82) is 0 Å². The Labute approximate surface area is 244 Å². The van der Waals surface area contributed by atoms with E-state index in [0.29, 0.717) is 43.2 Å². The molecule has 4 aromatic rings. The summed E-state index contributed by atoms with van der Waals surface area (Å²) in [6.45, 7) is 0. The highest BCUT2D eigenvalue weighted by atomic mass is 35.5. The molecule has 0 aliphatic rings. The van der Waals surface area contributed by atoms with Gasteiger partial charge in [-0.15, -0.1) is 0 Å². The minimum absolute atomic E-state index is 0.133. The minimum atomic E-state index is -0.705. The Kier molecular flexibility index (Phi) is 9.39. The normalized spacial score (nSPS) is 10.7. The average Bonchev–Trinajstić information content (AvgIpc) is 2.95. The number of ether oxygens (including phenoxy) is 2. The van der Waals surface area contributed by atoms with Gasteiger partial charge < -0.3 is 14.8 Å². The van der Waals surface area contributed by atoms with Gasteiger partial charge in [0, 0.05) is 37.4 Å². The van der Waals surface area contributed by atoms with Gasteiger partial charge >= 0.3 is 5.97 Å². The minimum Gasteiger partial charge on any atom is -0.496 e. The van der Waals surface area contributed by atoms with Crippen molar-refractivity contribution in [3.63, 3.8) is 0 Å². The Bertz CT molecular complexity index is 1590. The number of esters is 1. The van der Waals surface area contributed by atoms with Crippen LogP contribution in [-0.2, 0) is 0 Å². The van der Waals surface area contributed by atoms with Crippen molar-refractivity contribution in [3.8, 4) is 11.5 Å². The van der Waals surface area contributed by atoms with E-state index in [-0.39, 0.29) is 17.2 Å². The topological polar surface area (TPSA) is 106 Å². The fourth-order valence-corrected chi connectivity index (χ4v) is 3.92. The molecule has 0 aromatic heterocycles. The molecule has 0 aliphatic heterocycles. The van der Waals surface area contributed by atoms with Crippen molar-refractivity contribution in [1.82, 2.24) is 5.43 Å². The molecular formula is C29H20Cl3N3O5. The van der Waals surface area contributed by atoms with Gasteiger partial charge in [-0.2, -0.15) is 5.10 Å². The maximum Gasteiger partial charge on any atom is 0.347 e. The molecule has 0 heterocycles. The third-order valence-electron chi connectivity index (χ3n) is 5.44. The van der Waals surface area contributed by atoms with Crippen LogP contribution in [0.5, 0.6) is 11.5 Å².